The fourth-order valence-corrected chi connectivity index (χ4v) is 0. The van der Waals surface area contributed by atoms with Gasteiger partial charge in [-0.05, 0) is 0 Å². The minimum atomic E-state index is 0. The van der Waals surface area contributed by atoms with Gasteiger partial charge in [-0.15, -0.1) is 5.34 Å². The maximum atomic E-state index is 8.00. The molecule has 3 nitrogen and oxygen atoms in total. The maximum absolute atomic E-state index is 8.00. The smallest absolute Gasteiger partial charge is 0 e. The monoisotopic (exact) mass is 104 g/mol. The number of hydrogen-bond donors (Lipinski definition) is 0. The molecule has 0 fully saturated rings. The van der Waals surface area contributed by atoms with Crippen molar-refractivity contribution < 1.29 is 16.5 Å². The summed E-state index contributed by atoms with van der Waals surface area (Å²) in [7, 11) is 0. The maximum Gasteiger partial charge on any atom is 0 e. The van der Waals surface area contributed by atoms with Crippen LogP contribution in [0.1, 0.15) is 0 Å². The Labute approximate surface area is 32.9 Å². The zero-order valence-electron chi connectivity index (χ0n) is 1.58. The summed E-state index contributed by atoms with van der Waals surface area (Å²) < 4.78 is 0. The Bertz CT molecular complexity index is 13.5. The normalized spacial score (nSPS) is 3.00. The minimum absolute atomic E-state index is 0. The van der Waals surface area contributed by atoms with Gasteiger partial charge in [-0.25, -0.2) is 0 Å². The van der Waals surface area contributed by atoms with Crippen LogP contribution in [-0.4, -0.2) is 0 Å². The summed E-state index contributed by atoms with van der Waals surface area (Å²) in [6, 6.07) is 0. The first kappa shape index (κ1) is 9.09. The Hall–Kier alpha value is -0.106. The van der Waals surface area contributed by atoms with E-state index in [1.807, 2.05) is 0 Å². The van der Waals surface area contributed by atoms with Crippen molar-refractivity contribution in [3.8, 4) is 0 Å². The molecule has 4 heavy (non-hydrogen) atoms. The average Bonchev–Trinajstić information content (AvgIpc) is 0.918. The van der Waals surface area contributed by atoms with Crippen molar-refractivity contribution in [2.45, 2.75) is 0 Å². The van der Waals surface area contributed by atoms with Gasteiger partial charge in [-0.1, -0.05) is 0 Å². The van der Waals surface area contributed by atoms with Crippen LogP contribution in [0.4, 0.5) is 0 Å². The summed E-state index contributed by atoms with van der Waals surface area (Å²) >= 11 is 0. The topological polar surface area (TPSA) is 52.5 Å². The summed E-state index contributed by atoms with van der Waals surface area (Å²) in [5.41, 5.74) is 0. The van der Waals surface area contributed by atoms with Crippen LogP contribution in [0.25, 0.3) is 0 Å². The fraction of sp³-hybridized carbons (Fsp3) is 0. The van der Waals surface area contributed by atoms with Gasteiger partial charge in [-0.2, -0.15) is 0 Å². The second-order valence-corrected chi connectivity index (χ2v) is 0.0745. The molecular formula is NNiO2-. The molecule has 0 saturated carbocycles. The molecule has 0 aromatic heterocycles. The molecule has 0 aromatic carbocycles. The van der Waals surface area contributed by atoms with E-state index < -0.39 is 0 Å². The van der Waals surface area contributed by atoms with Crippen LogP contribution in [0.15, 0.2) is 5.34 Å². The predicted octanol–water partition coefficient (Wildman–Crippen LogP) is 0.248. The van der Waals surface area contributed by atoms with E-state index in [9.17, 15) is 0 Å². The van der Waals surface area contributed by atoms with Crippen molar-refractivity contribution in [3.63, 3.8) is 0 Å². The minimum Gasteiger partial charge on any atom is -0.444 e. The predicted molar refractivity (Wildman–Crippen MR) is 9.16 cm³/mol. The second-order valence-electron chi connectivity index (χ2n) is 0.0745. The van der Waals surface area contributed by atoms with E-state index >= 15 is 0 Å². The van der Waals surface area contributed by atoms with Crippen LogP contribution in [0.2, 0.25) is 0 Å². The standard InChI is InChI=1S/HNO2.Ni/c2-1-3;/h(H,2,3);/p-1. The van der Waals surface area contributed by atoms with Gasteiger partial charge in [-0.3, -0.25) is 0 Å². The summed E-state index contributed by atoms with van der Waals surface area (Å²) in [5, 5.41) is 9.00. The van der Waals surface area contributed by atoms with Gasteiger partial charge < -0.3 is 10.1 Å². The molecule has 0 unspecified atom stereocenters. The summed E-state index contributed by atoms with van der Waals surface area (Å²) in [4.78, 5) is 8.00. The van der Waals surface area contributed by atoms with E-state index in [4.69, 9.17) is 10.1 Å². The van der Waals surface area contributed by atoms with E-state index in [1.165, 1.54) is 0 Å². The van der Waals surface area contributed by atoms with Gasteiger partial charge in [0.05, 0.1) is 0 Å². The van der Waals surface area contributed by atoms with Gasteiger partial charge in [0.1, 0.15) is 0 Å². The molecule has 0 saturated heterocycles. The van der Waals surface area contributed by atoms with Gasteiger partial charge in [0, 0.05) is 16.5 Å². The molecule has 0 bridgehead atoms. The summed E-state index contributed by atoms with van der Waals surface area (Å²) in [6.07, 6.45) is 0. The first-order chi connectivity index (χ1) is 1.41. The molecule has 0 spiro atoms. The van der Waals surface area contributed by atoms with Gasteiger partial charge in [0.15, 0.2) is 0 Å². The molecule has 0 heterocycles. The van der Waals surface area contributed by atoms with Crippen LogP contribution < -0.4 is 0 Å². The van der Waals surface area contributed by atoms with Crippen molar-refractivity contribution in [1.82, 2.24) is 0 Å². The van der Waals surface area contributed by atoms with E-state index in [-0.39, 0.29) is 16.5 Å². The molecule has 0 radical (unpaired) electrons. The molecule has 4 heteroatoms. The molecule has 0 rings (SSSR count). The summed E-state index contributed by atoms with van der Waals surface area (Å²) in [6.45, 7) is 0. The molecule has 0 amide bonds. The number of nitrogens with zero attached hydrogens (tertiary/aromatic N) is 1. The Morgan fingerprint density at radius 2 is 1.75 bits per heavy atom. The van der Waals surface area contributed by atoms with E-state index in [0.717, 1.165) is 5.34 Å². The molecular weight excluding hydrogens is 105 g/mol. The summed E-state index contributed by atoms with van der Waals surface area (Å²) in [5.74, 6) is 0. The van der Waals surface area contributed by atoms with Crippen LogP contribution in [0.3, 0.4) is 0 Å². The molecule has 0 aliphatic heterocycles. The SMILES string of the molecule is O=N[O-].[Ni]. The van der Waals surface area contributed by atoms with Crippen LogP contribution >= 0.6 is 0 Å². The van der Waals surface area contributed by atoms with Gasteiger partial charge in [0.2, 0.25) is 0 Å². The third-order valence-corrected chi connectivity index (χ3v) is 0. The first-order valence-corrected chi connectivity index (χ1v) is 0.365. The average molecular weight is 105 g/mol. The molecule has 0 aromatic rings. The van der Waals surface area contributed by atoms with Crippen molar-refractivity contribution in [1.29, 1.82) is 0 Å². The Morgan fingerprint density at radius 1 is 1.75 bits per heavy atom. The fourth-order valence-electron chi connectivity index (χ4n) is 0. The second kappa shape index (κ2) is 13.0. The van der Waals surface area contributed by atoms with Gasteiger partial charge >= 0.3 is 0 Å². The van der Waals surface area contributed by atoms with Crippen molar-refractivity contribution in [2.75, 3.05) is 0 Å². The van der Waals surface area contributed by atoms with Crippen molar-refractivity contribution in [2.24, 2.45) is 5.34 Å². The van der Waals surface area contributed by atoms with E-state index in [2.05, 4.69) is 0 Å². The zero-order valence-corrected chi connectivity index (χ0v) is 2.57. The van der Waals surface area contributed by atoms with Crippen molar-refractivity contribution >= 4 is 0 Å². The van der Waals surface area contributed by atoms with Crippen molar-refractivity contribution in [3.05, 3.63) is 10.1 Å². The first-order valence-electron chi connectivity index (χ1n) is 0.365. The van der Waals surface area contributed by atoms with Crippen LogP contribution in [0, 0.1) is 10.1 Å². The Morgan fingerprint density at radius 3 is 1.75 bits per heavy atom. The van der Waals surface area contributed by atoms with E-state index in [0.29, 0.717) is 0 Å². The molecule has 0 N–H and O–H groups in total. The Kier molecular flexibility index (Phi) is 29.5. The molecule has 28 valence electrons. The quantitative estimate of drug-likeness (QED) is 0.251. The molecule has 0 atom stereocenters. The van der Waals surface area contributed by atoms with Crippen LogP contribution in [0.5, 0.6) is 0 Å². The molecule has 0 aliphatic rings. The van der Waals surface area contributed by atoms with Gasteiger partial charge in [0.25, 0.3) is 0 Å². The number of rotatable bonds is 0. The third kappa shape index (κ3) is 133. The third-order valence-electron chi connectivity index (χ3n) is 0. The Balaban J connectivity index is 0. The van der Waals surface area contributed by atoms with Crippen LogP contribution in [-0.2, 0) is 16.5 Å². The molecule has 0 aliphatic carbocycles. The zero-order chi connectivity index (χ0) is 2.71. The largest absolute Gasteiger partial charge is 0.444 e. The number of hydrogen-bond acceptors (Lipinski definition) is 3. The van der Waals surface area contributed by atoms with E-state index in [1.54, 1.807) is 0 Å².